The lowest BCUT2D eigenvalue weighted by atomic mass is 10.2. The summed E-state index contributed by atoms with van der Waals surface area (Å²) < 4.78 is 0. The van der Waals surface area contributed by atoms with Gasteiger partial charge in [0.15, 0.2) is 0 Å². The smallest absolute Gasteiger partial charge is 0.0626 e. The highest BCUT2D eigenvalue weighted by molar-refractivity contribution is 6.02. The molecule has 0 aliphatic heterocycles. The van der Waals surface area contributed by atoms with Crippen LogP contribution in [-0.4, -0.2) is 47.9 Å². The molecule has 76 valence electrons. The molecule has 0 unspecified atom stereocenters. The number of aliphatic hydroxyl groups excluding tert-OH is 2. The maximum absolute atomic E-state index is 8.52. The summed E-state index contributed by atoms with van der Waals surface area (Å²) in [5, 5.41) is 17.0. The highest BCUT2D eigenvalue weighted by Gasteiger charge is 1.94. The monoisotopic (exact) mass is 186 g/mol. The fourth-order valence-corrected chi connectivity index (χ4v) is 0.964. The van der Waals surface area contributed by atoms with Crippen LogP contribution >= 0.6 is 0 Å². The molecule has 0 atom stereocenters. The van der Waals surface area contributed by atoms with Gasteiger partial charge in [0, 0.05) is 17.8 Å². The summed E-state index contributed by atoms with van der Waals surface area (Å²) in [5.41, 5.74) is 1.93. The molecule has 0 heterocycles. The van der Waals surface area contributed by atoms with Crippen LogP contribution in [0, 0.1) is 0 Å². The second-order valence-electron chi connectivity index (χ2n) is 2.86. The molecule has 0 saturated carbocycles. The Kier molecular flexibility index (Phi) is 7.44. The molecule has 0 aromatic rings. The van der Waals surface area contributed by atoms with Crippen molar-refractivity contribution >= 4 is 11.4 Å². The largest absolute Gasteiger partial charge is 0.394 e. The molecule has 0 aliphatic rings. The van der Waals surface area contributed by atoms with Crippen LogP contribution in [0.1, 0.15) is 20.3 Å². The average Bonchev–Trinajstić information content (AvgIpc) is 2.11. The van der Waals surface area contributed by atoms with Gasteiger partial charge in [-0.15, -0.1) is 0 Å². The number of hydrogen-bond donors (Lipinski definition) is 2. The third-order valence-corrected chi connectivity index (χ3v) is 1.48. The molecule has 0 aromatic carbocycles. The topological polar surface area (TPSA) is 65.2 Å². The number of aliphatic hydroxyl groups is 2. The first-order valence-corrected chi connectivity index (χ1v) is 4.42. The van der Waals surface area contributed by atoms with Crippen LogP contribution in [0.4, 0.5) is 0 Å². The fourth-order valence-electron chi connectivity index (χ4n) is 0.964. The van der Waals surface area contributed by atoms with Gasteiger partial charge in [0.2, 0.25) is 0 Å². The lowest BCUT2D eigenvalue weighted by Gasteiger charge is -2.00. The van der Waals surface area contributed by atoms with E-state index < -0.39 is 0 Å². The quantitative estimate of drug-likeness (QED) is 0.585. The molecule has 4 heteroatoms. The Hall–Kier alpha value is -0.740. The molecule has 4 nitrogen and oxygen atoms in total. The van der Waals surface area contributed by atoms with E-state index >= 15 is 0 Å². The predicted molar refractivity (Wildman–Crippen MR) is 54.7 cm³/mol. The minimum absolute atomic E-state index is 0.0875. The van der Waals surface area contributed by atoms with Crippen molar-refractivity contribution in [1.82, 2.24) is 0 Å². The first-order valence-electron chi connectivity index (χ1n) is 4.42. The van der Waals surface area contributed by atoms with Crippen molar-refractivity contribution < 1.29 is 10.2 Å². The number of hydrogen-bond acceptors (Lipinski definition) is 4. The average molecular weight is 186 g/mol. The Morgan fingerprint density at radius 3 is 1.62 bits per heavy atom. The highest BCUT2D eigenvalue weighted by atomic mass is 16.3. The molecule has 0 fully saturated rings. The second-order valence-corrected chi connectivity index (χ2v) is 2.86. The zero-order valence-corrected chi connectivity index (χ0v) is 8.32. The third kappa shape index (κ3) is 7.62. The summed E-state index contributed by atoms with van der Waals surface area (Å²) in [6, 6.07) is 0. The van der Waals surface area contributed by atoms with Crippen LogP contribution in [0.15, 0.2) is 9.98 Å². The van der Waals surface area contributed by atoms with Crippen molar-refractivity contribution in [3.8, 4) is 0 Å². The van der Waals surface area contributed by atoms with Crippen molar-refractivity contribution in [3.63, 3.8) is 0 Å². The first-order chi connectivity index (χ1) is 6.20. The lowest BCUT2D eigenvalue weighted by Crippen LogP contribution is -2.04. The molecule has 0 aliphatic carbocycles. The van der Waals surface area contributed by atoms with E-state index in [1.54, 1.807) is 0 Å². The Balaban J connectivity index is 3.82. The van der Waals surface area contributed by atoms with Crippen molar-refractivity contribution in [2.75, 3.05) is 26.3 Å². The molecule has 0 aromatic heterocycles. The Morgan fingerprint density at radius 1 is 0.923 bits per heavy atom. The summed E-state index contributed by atoms with van der Waals surface area (Å²) in [4.78, 5) is 8.23. The minimum atomic E-state index is 0.0875. The van der Waals surface area contributed by atoms with Crippen molar-refractivity contribution in [2.45, 2.75) is 20.3 Å². The molecular formula is C9H18N2O2. The maximum Gasteiger partial charge on any atom is 0.0626 e. The van der Waals surface area contributed by atoms with Crippen molar-refractivity contribution in [3.05, 3.63) is 0 Å². The van der Waals surface area contributed by atoms with Gasteiger partial charge in [0.05, 0.1) is 26.3 Å². The Labute approximate surface area is 79.0 Å². The van der Waals surface area contributed by atoms with Gasteiger partial charge < -0.3 is 10.2 Å². The SMILES string of the molecule is CC(CC(C)=NCCO)=NCCO. The number of rotatable bonds is 6. The van der Waals surface area contributed by atoms with Gasteiger partial charge in [0.1, 0.15) is 0 Å². The fraction of sp³-hybridized carbons (Fsp3) is 0.778. The molecular weight excluding hydrogens is 168 g/mol. The molecule has 0 spiro atoms. The normalized spacial score (nSPS) is 13.5. The molecule has 0 amide bonds. The van der Waals surface area contributed by atoms with Crippen LogP contribution in [0.5, 0.6) is 0 Å². The zero-order valence-electron chi connectivity index (χ0n) is 8.32. The molecule has 0 bridgehead atoms. The predicted octanol–water partition coefficient (Wildman–Crippen LogP) is 0.283. The maximum atomic E-state index is 8.52. The van der Waals surface area contributed by atoms with Gasteiger partial charge in [-0.3, -0.25) is 9.98 Å². The number of aliphatic imine (C=N–C) groups is 2. The van der Waals surface area contributed by atoms with Crippen LogP contribution < -0.4 is 0 Å². The van der Waals surface area contributed by atoms with E-state index in [1.165, 1.54) is 0 Å². The third-order valence-electron chi connectivity index (χ3n) is 1.48. The Bertz CT molecular complexity index is 168. The van der Waals surface area contributed by atoms with E-state index in [4.69, 9.17) is 10.2 Å². The lowest BCUT2D eigenvalue weighted by molar-refractivity contribution is 0.306. The van der Waals surface area contributed by atoms with Crippen LogP contribution in [-0.2, 0) is 0 Å². The standard InChI is InChI=1S/C9H18N2O2/c1-8(10-3-5-12)7-9(2)11-4-6-13/h12-13H,3-7H2,1-2H3. The van der Waals surface area contributed by atoms with E-state index in [0.29, 0.717) is 13.1 Å². The van der Waals surface area contributed by atoms with Crippen LogP contribution in [0.2, 0.25) is 0 Å². The first kappa shape index (κ1) is 12.3. The van der Waals surface area contributed by atoms with E-state index in [1.807, 2.05) is 13.8 Å². The van der Waals surface area contributed by atoms with Gasteiger partial charge in [-0.25, -0.2) is 0 Å². The molecule has 0 saturated heterocycles. The van der Waals surface area contributed by atoms with Gasteiger partial charge in [0.25, 0.3) is 0 Å². The van der Waals surface area contributed by atoms with Gasteiger partial charge in [-0.2, -0.15) is 0 Å². The van der Waals surface area contributed by atoms with E-state index in [0.717, 1.165) is 17.8 Å². The van der Waals surface area contributed by atoms with Gasteiger partial charge >= 0.3 is 0 Å². The summed E-state index contributed by atoms with van der Waals surface area (Å²) >= 11 is 0. The molecule has 0 rings (SSSR count). The van der Waals surface area contributed by atoms with Crippen molar-refractivity contribution in [1.29, 1.82) is 0 Å². The molecule has 2 N–H and O–H groups in total. The molecule has 13 heavy (non-hydrogen) atoms. The summed E-state index contributed by atoms with van der Waals surface area (Å²) in [7, 11) is 0. The summed E-state index contributed by atoms with van der Waals surface area (Å²) in [5.74, 6) is 0. The van der Waals surface area contributed by atoms with Crippen LogP contribution in [0.3, 0.4) is 0 Å². The highest BCUT2D eigenvalue weighted by Crippen LogP contribution is 1.91. The van der Waals surface area contributed by atoms with Gasteiger partial charge in [-0.05, 0) is 13.8 Å². The van der Waals surface area contributed by atoms with E-state index in [9.17, 15) is 0 Å². The van der Waals surface area contributed by atoms with Gasteiger partial charge in [-0.1, -0.05) is 0 Å². The van der Waals surface area contributed by atoms with Crippen LogP contribution in [0.25, 0.3) is 0 Å². The van der Waals surface area contributed by atoms with Crippen molar-refractivity contribution in [2.24, 2.45) is 9.98 Å². The number of nitrogens with zero attached hydrogens (tertiary/aromatic N) is 2. The molecule has 0 radical (unpaired) electrons. The Morgan fingerprint density at radius 2 is 1.31 bits per heavy atom. The summed E-state index contributed by atoms with van der Waals surface area (Å²) in [6.45, 7) is 4.91. The second kappa shape index (κ2) is 7.89. The zero-order chi connectivity index (χ0) is 10.1. The van der Waals surface area contributed by atoms with E-state index in [2.05, 4.69) is 9.98 Å². The summed E-state index contributed by atoms with van der Waals surface area (Å²) in [6.07, 6.45) is 0.722. The van der Waals surface area contributed by atoms with E-state index in [-0.39, 0.29) is 13.2 Å². The minimum Gasteiger partial charge on any atom is -0.394 e.